The lowest BCUT2D eigenvalue weighted by Gasteiger charge is -2.32. The van der Waals surface area contributed by atoms with E-state index in [0.717, 1.165) is 34.5 Å². The van der Waals surface area contributed by atoms with Gasteiger partial charge in [0.2, 0.25) is 11.8 Å². The minimum Gasteiger partial charge on any atom is -0.341 e. The standard InChI is InChI=1S/C30H28Cl2N4O2S2/c1-19-11-13-34(14-12-19)25(37)17-35-26(38)18-40-29(20-6-4-7-21(31)16-20)27-28(24-10-5-15-39-24)33-36(30(27)35)23-9-3-2-8-22(23)32/h2-10,15-16,19,29H,11-14,17-18H2,1H3/t29-/m1/s1. The third-order valence-electron chi connectivity index (χ3n) is 7.51. The van der Waals surface area contributed by atoms with Gasteiger partial charge in [0, 0.05) is 23.7 Å². The molecule has 1 fully saturated rings. The third-order valence-corrected chi connectivity index (χ3v) is 10.2. The molecule has 2 aliphatic rings. The fourth-order valence-electron chi connectivity index (χ4n) is 5.33. The highest BCUT2D eigenvalue weighted by molar-refractivity contribution is 8.00. The van der Waals surface area contributed by atoms with Gasteiger partial charge in [-0.1, -0.05) is 60.5 Å². The number of anilines is 1. The summed E-state index contributed by atoms with van der Waals surface area (Å²) < 4.78 is 1.75. The molecule has 2 aromatic heterocycles. The molecule has 0 saturated carbocycles. The van der Waals surface area contributed by atoms with Crippen LogP contribution in [-0.2, 0) is 9.59 Å². The van der Waals surface area contributed by atoms with Crippen molar-refractivity contribution in [3.63, 3.8) is 0 Å². The molecule has 0 spiro atoms. The largest absolute Gasteiger partial charge is 0.341 e. The summed E-state index contributed by atoms with van der Waals surface area (Å²) >= 11 is 16.3. The van der Waals surface area contributed by atoms with Crippen molar-refractivity contribution < 1.29 is 9.59 Å². The Balaban J connectivity index is 1.56. The zero-order chi connectivity index (χ0) is 27.8. The Bertz CT molecular complexity index is 1550. The van der Waals surface area contributed by atoms with E-state index in [-0.39, 0.29) is 29.4 Å². The lowest BCUT2D eigenvalue weighted by molar-refractivity contribution is -0.132. The number of thioether (sulfide) groups is 1. The Hall–Kier alpha value is -2.78. The molecule has 0 aliphatic carbocycles. The molecule has 2 amide bonds. The highest BCUT2D eigenvalue weighted by atomic mass is 35.5. The molecule has 2 aliphatic heterocycles. The minimum absolute atomic E-state index is 0.0525. The van der Waals surface area contributed by atoms with Crippen LogP contribution in [0.15, 0.2) is 66.0 Å². The van der Waals surface area contributed by atoms with Crippen LogP contribution in [0.3, 0.4) is 0 Å². The molecule has 6 nitrogen and oxygen atoms in total. The number of benzene rings is 2. The van der Waals surface area contributed by atoms with Crippen molar-refractivity contribution in [3.05, 3.63) is 87.2 Å². The maximum Gasteiger partial charge on any atom is 0.242 e. The predicted octanol–water partition coefficient (Wildman–Crippen LogP) is 7.34. The third kappa shape index (κ3) is 5.30. The minimum atomic E-state index is -0.234. The first kappa shape index (κ1) is 27.4. The highest BCUT2D eigenvalue weighted by Crippen LogP contribution is 2.49. The molecule has 206 valence electrons. The van der Waals surface area contributed by atoms with Gasteiger partial charge in [-0.15, -0.1) is 23.1 Å². The Morgan fingerprint density at radius 3 is 2.58 bits per heavy atom. The second kappa shape index (κ2) is 11.6. The number of hydrogen-bond acceptors (Lipinski definition) is 5. The van der Waals surface area contributed by atoms with Crippen molar-refractivity contribution in [1.82, 2.24) is 14.7 Å². The number of halogens is 2. The molecule has 0 radical (unpaired) electrons. The van der Waals surface area contributed by atoms with E-state index in [0.29, 0.717) is 40.6 Å². The van der Waals surface area contributed by atoms with Crippen molar-refractivity contribution in [3.8, 4) is 16.3 Å². The lowest BCUT2D eigenvalue weighted by atomic mass is 9.99. The number of nitrogens with zero attached hydrogens (tertiary/aromatic N) is 4. The van der Waals surface area contributed by atoms with Crippen molar-refractivity contribution in [1.29, 1.82) is 0 Å². The zero-order valence-corrected chi connectivity index (χ0v) is 25.1. The first-order valence-corrected chi connectivity index (χ1v) is 16.0. The molecule has 4 aromatic rings. The van der Waals surface area contributed by atoms with Gasteiger partial charge in [0.1, 0.15) is 18.1 Å². The van der Waals surface area contributed by atoms with E-state index in [1.165, 1.54) is 11.8 Å². The topological polar surface area (TPSA) is 58.4 Å². The van der Waals surface area contributed by atoms with Crippen LogP contribution in [0.2, 0.25) is 10.0 Å². The van der Waals surface area contributed by atoms with Crippen molar-refractivity contribution >= 4 is 63.9 Å². The molecule has 10 heteroatoms. The Morgan fingerprint density at radius 1 is 1.05 bits per heavy atom. The smallest absolute Gasteiger partial charge is 0.242 e. The average Bonchev–Trinajstić information content (AvgIpc) is 3.58. The van der Waals surface area contributed by atoms with Gasteiger partial charge in [-0.2, -0.15) is 5.10 Å². The number of likely N-dealkylation sites (tertiary alicyclic amines) is 1. The SMILES string of the molecule is CC1CCN(C(=O)CN2C(=O)CS[C@H](c3cccc(Cl)c3)c3c(-c4cccs4)nn(-c4ccccc4Cl)c32)CC1. The highest BCUT2D eigenvalue weighted by Gasteiger charge is 2.39. The van der Waals surface area contributed by atoms with Crippen LogP contribution >= 0.6 is 46.3 Å². The summed E-state index contributed by atoms with van der Waals surface area (Å²) in [5.74, 6) is 1.20. The molecule has 1 atom stereocenters. The average molecular weight is 612 g/mol. The van der Waals surface area contributed by atoms with E-state index in [2.05, 4.69) is 6.92 Å². The van der Waals surface area contributed by atoms with E-state index in [4.69, 9.17) is 28.3 Å². The van der Waals surface area contributed by atoms with Crippen LogP contribution in [0.4, 0.5) is 5.82 Å². The van der Waals surface area contributed by atoms with Crippen LogP contribution in [-0.4, -0.2) is 51.9 Å². The number of fused-ring (bicyclic) bond motifs is 1. The maximum absolute atomic E-state index is 13.9. The number of thiophene rings is 1. The van der Waals surface area contributed by atoms with Gasteiger partial charge >= 0.3 is 0 Å². The van der Waals surface area contributed by atoms with Crippen molar-refractivity contribution in [2.45, 2.75) is 25.0 Å². The van der Waals surface area contributed by atoms with E-state index >= 15 is 0 Å². The molecule has 2 aromatic carbocycles. The molecular weight excluding hydrogens is 583 g/mol. The summed E-state index contributed by atoms with van der Waals surface area (Å²) in [5, 5.41) is 8.00. The molecule has 6 rings (SSSR count). The summed E-state index contributed by atoms with van der Waals surface area (Å²) in [7, 11) is 0. The fourth-order valence-corrected chi connectivity index (χ4v) is 7.66. The van der Waals surface area contributed by atoms with E-state index in [1.54, 1.807) is 20.9 Å². The van der Waals surface area contributed by atoms with Gasteiger partial charge in [-0.25, -0.2) is 4.68 Å². The van der Waals surface area contributed by atoms with Crippen LogP contribution < -0.4 is 4.90 Å². The first-order valence-electron chi connectivity index (χ1n) is 13.3. The van der Waals surface area contributed by atoms with E-state index in [9.17, 15) is 9.59 Å². The number of hydrogen-bond donors (Lipinski definition) is 0. The summed E-state index contributed by atoms with van der Waals surface area (Å²) in [5.41, 5.74) is 3.26. The molecular formula is C30H28Cl2N4O2S2. The molecule has 0 N–H and O–H groups in total. The number of piperidine rings is 1. The summed E-state index contributed by atoms with van der Waals surface area (Å²) in [4.78, 5) is 32.0. The van der Waals surface area contributed by atoms with Crippen LogP contribution in [0.1, 0.15) is 36.1 Å². The molecule has 1 saturated heterocycles. The quantitative estimate of drug-likeness (QED) is 0.237. The van der Waals surface area contributed by atoms with E-state index < -0.39 is 0 Å². The van der Waals surface area contributed by atoms with Crippen molar-refractivity contribution in [2.24, 2.45) is 5.92 Å². The zero-order valence-electron chi connectivity index (χ0n) is 21.9. The second-order valence-electron chi connectivity index (χ2n) is 10.2. The number of rotatable bonds is 5. The van der Waals surface area contributed by atoms with Crippen LogP contribution in [0.5, 0.6) is 0 Å². The van der Waals surface area contributed by atoms with Gasteiger partial charge in [-0.05, 0) is 60.0 Å². The lowest BCUT2D eigenvalue weighted by Crippen LogP contribution is -2.46. The number of carbonyl (C=O) groups is 2. The van der Waals surface area contributed by atoms with Gasteiger partial charge in [0.25, 0.3) is 0 Å². The number of aromatic nitrogens is 2. The normalized spacial score (nSPS) is 18.1. The van der Waals surface area contributed by atoms with Crippen LogP contribution in [0, 0.1) is 5.92 Å². The summed E-state index contributed by atoms with van der Waals surface area (Å²) in [6.45, 7) is 3.58. The molecule has 4 heterocycles. The van der Waals surface area contributed by atoms with Crippen LogP contribution in [0.25, 0.3) is 16.3 Å². The number of para-hydroxylation sites is 1. The second-order valence-corrected chi connectivity index (χ2v) is 13.1. The molecule has 0 bridgehead atoms. The van der Waals surface area contributed by atoms with Crippen molar-refractivity contribution in [2.75, 3.05) is 30.3 Å². The predicted molar refractivity (Wildman–Crippen MR) is 165 cm³/mol. The maximum atomic E-state index is 13.9. The summed E-state index contributed by atoms with van der Waals surface area (Å²) in [6.07, 6.45) is 1.94. The first-order chi connectivity index (χ1) is 19.4. The van der Waals surface area contributed by atoms with Gasteiger partial charge in [-0.3, -0.25) is 14.5 Å². The Morgan fingerprint density at radius 2 is 1.85 bits per heavy atom. The number of amides is 2. The number of carbonyl (C=O) groups excluding carboxylic acids is 2. The monoisotopic (exact) mass is 610 g/mol. The van der Waals surface area contributed by atoms with Gasteiger partial charge in [0.15, 0.2) is 0 Å². The Kier molecular flexibility index (Phi) is 7.95. The van der Waals surface area contributed by atoms with Gasteiger partial charge < -0.3 is 4.90 Å². The summed E-state index contributed by atoms with van der Waals surface area (Å²) in [6, 6.07) is 19.2. The van der Waals surface area contributed by atoms with E-state index in [1.807, 2.05) is 70.9 Å². The molecule has 0 unspecified atom stereocenters. The van der Waals surface area contributed by atoms with Gasteiger partial charge in [0.05, 0.1) is 26.6 Å². The fraction of sp³-hybridized carbons (Fsp3) is 0.300. The Labute approximate surface area is 251 Å². The molecule has 40 heavy (non-hydrogen) atoms.